The van der Waals surface area contributed by atoms with Crippen molar-refractivity contribution in [3.8, 4) is 0 Å². The molecule has 2 heterocycles. The fraction of sp³-hybridized carbons (Fsp3) is 0.471. The highest BCUT2D eigenvalue weighted by molar-refractivity contribution is 9.10. The predicted octanol–water partition coefficient (Wildman–Crippen LogP) is 2.42. The van der Waals surface area contributed by atoms with E-state index in [-0.39, 0.29) is 0 Å². The second-order valence-corrected chi connectivity index (χ2v) is 6.92. The molecule has 0 radical (unpaired) electrons. The minimum Gasteiger partial charge on any atom is -0.357 e. The number of nitrogens with one attached hydrogen (secondary N) is 2. The fourth-order valence-electron chi connectivity index (χ4n) is 2.87. The van der Waals surface area contributed by atoms with E-state index in [0.29, 0.717) is 12.6 Å². The Labute approximate surface area is 150 Å². The molecule has 0 bridgehead atoms. The van der Waals surface area contributed by atoms with E-state index in [1.54, 1.807) is 6.33 Å². The molecule has 6 nitrogen and oxygen atoms in total. The molecule has 0 saturated heterocycles. The largest absolute Gasteiger partial charge is 0.357 e. The maximum absolute atomic E-state index is 4.75. The Morgan fingerprint density at radius 2 is 2.33 bits per heavy atom. The average Bonchev–Trinajstić information content (AvgIpc) is 3.02. The standard InChI is InChI=1S/C17H23BrN6/c1-3-19-17(20-9-13-4-5-14(18)8-12(13)2)23-15-6-7-16-21-11-22-24(16)10-15/h4-5,8,11,15H,3,6-7,9-10H2,1-2H3,(H2,19,20,23). The van der Waals surface area contributed by atoms with E-state index in [1.807, 2.05) is 4.68 Å². The first kappa shape index (κ1) is 17.0. The second kappa shape index (κ2) is 7.79. The summed E-state index contributed by atoms with van der Waals surface area (Å²) in [5.41, 5.74) is 2.48. The van der Waals surface area contributed by atoms with Crippen molar-refractivity contribution in [1.29, 1.82) is 0 Å². The molecule has 7 heteroatoms. The first-order valence-electron chi connectivity index (χ1n) is 8.32. The molecule has 0 fully saturated rings. The van der Waals surface area contributed by atoms with Gasteiger partial charge in [0.25, 0.3) is 0 Å². The van der Waals surface area contributed by atoms with Gasteiger partial charge in [-0.15, -0.1) is 0 Å². The van der Waals surface area contributed by atoms with Gasteiger partial charge in [0.05, 0.1) is 13.1 Å². The molecular weight excluding hydrogens is 368 g/mol. The molecule has 1 aromatic heterocycles. The first-order valence-corrected chi connectivity index (χ1v) is 9.11. The Bertz CT molecular complexity index is 724. The van der Waals surface area contributed by atoms with Crippen molar-refractivity contribution in [3.63, 3.8) is 0 Å². The number of hydrogen-bond donors (Lipinski definition) is 2. The summed E-state index contributed by atoms with van der Waals surface area (Å²) in [6.07, 6.45) is 3.62. The SMILES string of the molecule is CCNC(=NCc1ccc(Br)cc1C)NC1CCc2ncnn2C1. The van der Waals surface area contributed by atoms with E-state index in [1.165, 1.54) is 11.1 Å². The molecule has 3 rings (SSSR count). The maximum Gasteiger partial charge on any atom is 0.191 e. The highest BCUT2D eigenvalue weighted by Gasteiger charge is 2.20. The Balaban J connectivity index is 1.66. The zero-order valence-electron chi connectivity index (χ0n) is 14.1. The molecule has 1 atom stereocenters. The molecule has 2 N–H and O–H groups in total. The van der Waals surface area contributed by atoms with Crippen LogP contribution >= 0.6 is 15.9 Å². The van der Waals surface area contributed by atoms with Crippen molar-refractivity contribution >= 4 is 21.9 Å². The number of aliphatic imine (C=N–C) groups is 1. The van der Waals surface area contributed by atoms with Crippen LogP contribution in [0.2, 0.25) is 0 Å². The van der Waals surface area contributed by atoms with E-state index in [2.05, 4.69) is 68.7 Å². The summed E-state index contributed by atoms with van der Waals surface area (Å²) >= 11 is 3.50. The van der Waals surface area contributed by atoms with Crippen molar-refractivity contribution in [3.05, 3.63) is 46.0 Å². The smallest absolute Gasteiger partial charge is 0.191 e. The number of aromatic nitrogens is 3. The molecule has 1 aliphatic heterocycles. The lowest BCUT2D eigenvalue weighted by molar-refractivity contribution is 0.392. The number of aryl methyl sites for hydroxylation is 2. The van der Waals surface area contributed by atoms with Gasteiger partial charge in [0.1, 0.15) is 12.2 Å². The Morgan fingerprint density at radius 1 is 1.46 bits per heavy atom. The second-order valence-electron chi connectivity index (χ2n) is 6.00. The van der Waals surface area contributed by atoms with Crippen LogP contribution in [0, 0.1) is 6.92 Å². The van der Waals surface area contributed by atoms with Crippen molar-refractivity contribution in [2.75, 3.05) is 6.54 Å². The molecule has 24 heavy (non-hydrogen) atoms. The average molecular weight is 391 g/mol. The molecule has 2 aromatic rings. The monoisotopic (exact) mass is 390 g/mol. The van der Waals surface area contributed by atoms with Gasteiger partial charge < -0.3 is 10.6 Å². The maximum atomic E-state index is 4.75. The van der Waals surface area contributed by atoms with Gasteiger partial charge in [-0.3, -0.25) is 0 Å². The number of rotatable bonds is 4. The van der Waals surface area contributed by atoms with Crippen LogP contribution in [0.5, 0.6) is 0 Å². The van der Waals surface area contributed by atoms with Crippen LogP contribution in [0.25, 0.3) is 0 Å². The summed E-state index contributed by atoms with van der Waals surface area (Å²) < 4.78 is 3.08. The van der Waals surface area contributed by atoms with E-state index < -0.39 is 0 Å². The van der Waals surface area contributed by atoms with Crippen LogP contribution in [0.15, 0.2) is 34.0 Å². The highest BCUT2D eigenvalue weighted by atomic mass is 79.9. The summed E-state index contributed by atoms with van der Waals surface area (Å²) in [5.74, 6) is 1.92. The third-order valence-corrected chi connectivity index (χ3v) is 4.70. The number of benzene rings is 1. The van der Waals surface area contributed by atoms with Crippen molar-refractivity contribution in [2.45, 2.75) is 45.8 Å². The van der Waals surface area contributed by atoms with Gasteiger partial charge in [0.15, 0.2) is 5.96 Å². The summed E-state index contributed by atoms with van der Waals surface area (Å²) in [7, 11) is 0. The van der Waals surface area contributed by atoms with Gasteiger partial charge in [-0.1, -0.05) is 22.0 Å². The predicted molar refractivity (Wildman–Crippen MR) is 99.0 cm³/mol. The summed E-state index contributed by atoms with van der Waals surface area (Å²) in [4.78, 5) is 9.02. The van der Waals surface area contributed by atoms with E-state index >= 15 is 0 Å². The molecule has 1 aromatic carbocycles. The van der Waals surface area contributed by atoms with E-state index in [9.17, 15) is 0 Å². The Hall–Kier alpha value is -1.89. The van der Waals surface area contributed by atoms with Gasteiger partial charge >= 0.3 is 0 Å². The van der Waals surface area contributed by atoms with Crippen molar-refractivity contribution < 1.29 is 0 Å². The molecular formula is C17H23BrN6. The number of hydrogen-bond acceptors (Lipinski definition) is 3. The lowest BCUT2D eigenvalue weighted by Crippen LogP contribution is -2.47. The van der Waals surface area contributed by atoms with Crippen LogP contribution in [0.1, 0.15) is 30.3 Å². The van der Waals surface area contributed by atoms with E-state index in [0.717, 1.165) is 42.2 Å². The van der Waals surface area contributed by atoms with Crippen molar-refractivity contribution in [2.24, 2.45) is 4.99 Å². The molecule has 128 valence electrons. The molecule has 0 aliphatic carbocycles. The summed E-state index contributed by atoms with van der Waals surface area (Å²) in [6, 6.07) is 6.63. The molecule has 0 amide bonds. The van der Waals surface area contributed by atoms with Gasteiger partial charge in [-0.2, -0.15) is 5.10 Å². The van der Waals surface area contributed by atoms with Gasteiger partial charge in [0, 0.05) is 23.5 Å². The van der Waals surface area contributed by atoms with Crippen LogP contribution < -0.4 is 10.6 Å². The van der Waals surface area contributed by atoms with Crippen LogP contribution in [0.3, 0.4) is 0 Å². The quantitative estimate of drug-likeness (QED) is 0.621. The van der Waals surface area contributed by atoms with Crippen molar-refractivity contribution in [1.82, 2.24) is 25.4 Å². The number of nitrogens with zero attached hydrogens (tertiary/aromatic N) is 4. The van der Waals surface area contributed by atoms with Crippen LogP contribution in [-0.4, -0.2) is 33.3 Å². The number of guanidine groups is 1. The molecule has 1 aliphatic rings. The van der Waals surface area contributed by atoms with Crippen LogP contribution in [0.4, 0.5) is 0 Å². The molecule has 0 spiro atoms. The van der Waals surface area contributed by atoms with Crippen LogP contribution in [-0.2, 0) is 19.5 Å². The van der Waals surface area contributed by atoms with E-state index in [4.69, 9.17) is 4.99 Å². The lowest BCUT2D eigenvalue weighted by atomic mass is 10.1. The Kier molecular flexibility index (Phi) is 5.50. The highest BCUT2D eigenvalue weighted by Crippen LogP contribution is 2.16. The fourth-order valence-corrected chi connectivity index (χ4v) is 3.35. The number of halogens is 1. The minimum atomic E-state index is 0.322. The summed E-state index contributed by atoms with van der Waals surface area (Å²) in [6.45, 7) is 6.53. The zero-order valence-corrected chi connectivity index (χ0v) is 15.7. The zero-order chi connectivity index (χ0) is 16.9. The normalized spacial score (nSPS) is 17.5. The minimum absolute atomic E-state index is 0.322. The third kappa shape index (κ3) is 4.14. The van der Waals surface area contributed by atoms with Gasteiger partial charge in [-0.05, 0) is 43.5 Å². The molecule has 1 unspecified atom stereocenters. The van der Waals surface area contributed by atoms with Gasteiger partial charge in [-0.25, -0.2) is 14.7 Å². The van der Waals surface area contributed by atoms with Gasteiger partial charge in [0.2, 0.25) is 0 Å². The number of fused-ring (bicyclic) bond motifs is 1. The third-order valence-electron chi connectivity index (χ3n) is 4.20. The topological polar surface area (TPSA) is 67.1 Å². The molecule has 0 saturated carbocycles. The summed E-state index contributed by atoms with van der Waals surface area (Å²) in [5, 5.41) is 11.1. The Morgan fingerprint density at radius 3 is 3.12 bits per heavy atom. The lowest BCUT2D eigenvalue weighted by Gasteiger charge is -2.25. The first-order chi connectivity index (χ1) is 11.7.